The number of aryl methyl sites for hydroxylation is 2. The van der Waals surface area contributed by atoms with E-state index in [4.69, 9.17) is 4.98 Å². The van der Waals surface area contributed by atoms with Crippen molar-refractivity contribution in [3.8, 4) is 0 Å². The first-order valence-corrected chi connectivity index (χ1v) is 10.7. The van der Waals surface area contributed by atoms with Crippen molar-refractivity contribution < 1.29 is 4.79 Å². The van der Waals surface area contributed by atoms with Gasteiger partial charge in [-0.2, -0.15) is 0 Å². The predicted octanol–water partition coefficient (Wildman–Crippen LogP) is 6.03. The van der Waals surface area contributed by atoms with Gasteiger partial charge < -0.3 is 0 Å². The van der Waals surface area contributed by atoms with Crippen LogP contribution in [0.1, 0.15) is 48.8 Å². The summed E-state index contributed by atoms with van der Waals surface area (Å²) >= 11 is 1.65. The molecule has 1 aromatic heterocycles. The van der Waals surface area contributed by atoms with Crippen molar-refractivity contribution >= 4 is 32.6 Å². The third kappa shape index (κ3) is 3.91. The van der Waals surface area contributed by atoms with Crippen LogP contribution in [0.2, 0.25) is 0 Å². The maximum Gasteiger partial charge on any atom is 0.232 e. The molecule has 4 rings (SSSR count). The van der Waals surface area contributed by atoms with Crippen molar-refractivity contribution in [2.75, 3.05) is 4.90 Å². The van der Waals surface area contributed by atoms with E-state index in [2.05, 4.69) is 38.1 Å². The second-order valence-corrected chi connectivity index (χ2v) is 8.65. The van der Waals surface area contributed by atoms with E-state index < -0.39 is 0 Å². The summed E-state index contributed by atoms with van der Waals surface area (Å²) in [6.45, 7) is 4.82. The summed E-state index contributed by atoms with van der Waals surface area (Å²) < 4.78 is 1.19. The van der Waals surface area contributed by atoms with Crippen LogP contribution in [-0.4, -0.2) is 10.9 Å². The molecule has 1 aliphatic carbocycles. The van der Waals surface area contributed by atoms with E-state index in [0.717, 1.165) is 41.9 Å². The quantitative estimate of drug-likeness (QED) is 0.555. The van der Waals surface area contributed by atoms with Gasteiger partial charge in [-0.3, -0.25) is 9.69 Å². The zero-order valence-corrected chi connectivity index (χ0v) is 16.9. The summed E-state index contributed by atoms with van der Waals surface area (Å²) in [5.74, 6) is 0.379. The van der Waals surface area contributed by atoms with Crippen LogP contribution >= 0.6 is 11.3 Å². The molecule has 1 heterocycles. The number of carbonyl (C=O) groups excluding carboxylic acids is 1. The Bertz CT molecular complexity index is 942. The molecular weight excluding hydrogens is 352 g/mol. The van der Waals surface area contributed by atoms with Crippen molar-refractivity contribution in [1.29, 1.82) is 0 Å². The smallest absolute Gasteiger partial charge is 0.232 e. The summed E-state index contributed by atoms with van der Waals surface area (Å²) in [6, 6.07) is 14.6. The largest absolute Gasteiger partial charge is 0.283 e. The minimum Gasteiger partial charge on any atom is -0.283 e. The third-order valence-corrected chi connectivity index (χ3v) is 6.67. The Morgan fingerprint density at radius 2 is 1.85 bits per heavy atom. The SMILES string of the molecule is Cc1cc(C)c2sc(N(Cc3ccccc3)C(=O)C3CCCCC3)nc2c1. The Kier molecular flexibility index (Phi) is 5.26. The fourth-order valence-electron chi connectivity index (χ4n) is 4.06. The molecule has 1 fully saturated rings. The molecule has 1 aliphatic rings. The number of anilines is 1. The molecule has 0 spiro atoms. The molecule has 0 N–H and O–H groups in total. The van der Waals surface area contributed by atoms with Crippen molar-refractivity contribution in [3.05, 3.63) is 59.2 Å². The van der Waals surface area contributed by atoms with E-state index in [1.54, 1.807) is 11.3 Å². The van der Waals surface area contributed by atoms with E-state index in [-0.39, 0.29) is 11.8 Å². The van der Waals surface area contributed by atoms with E-state index >= 15 is 0 Å². The number of hydrogen-bond donors (Lipinski definition) is 0. The van der Waals surface area contributed by atoms with Gasteiger partial charge in [0.15, 0.2) is 5.13 Å². The zero-order chi connectivity index (χ0) is 18.8. The lowest BCUT2D eigenvalue weighted by atomic mass is 9.88. The standard InChI is InChI=1S/C23H26N2OS/c1-16-13-17(2)21-20(14-16)24-23(27-21)25(15-18-9-5-3-6-10-18)22(26)19-11-7-4-8-12-19/h3,5-6,9-10,13-14,19H,4,7-8,11-12,15H2,1-2H3. The first-order valence-electron chi connectivity index (χ1n) is 9.85. The fraction of sp³-hybridized carbons (Fsp3) is 0.391. The summed E-state index contributed by atoms with van der Waals surface area (Å²) in [7, 11) is 0. The highest BCUT2D eigenvalue weighted by Gasteiger charge is 2.29. The van der Waals surface area contributed by atoms with Crippen LogP contribution < -0.4 is 4.90 Å². The van der Waals surface area contributed by atoms with Gasteiger partial charge in [0.05, 0.1) is 16.8 Å². The van der Waals surface area contributed by atoms with Gasteiger partial charge in [-0.25, -0.2) is 4.98 Å². The van der Waals surface area contributed by atoms with Gasteiger partial charge in [0.1, 0.15) is 0 Å². The molecule has 0 bridgehead atoms. The van der Waals surface area contributed by atoms with Crippen LogP contribution in [0.5, 0.6) is 0 Å². The molecule has 3 nitrogen and oxygen atoms in total. The summed E-state index contributed by atoms with van der Waals surface area (Å²) in [6.07, 6.45) is 5.59. The number of carbonyl (C=O) groups is 1. The number of amides is 1. The average Bonchev–Trinajstić information content (AvgIpc) is 3.11. The monoisotopic (exact) mass is 378 g/mol. The highest BCUT2D eigenvalue weighted by molar-refractivity contribution is 7.22. The van der Waals surface area contributed by atoms with Gasteiger partial charge in [-0.1, -0.05) is 67.0 Å². The number of benzene rings is 2. The molecule has 0 radical (unpaired) electrons. The van der Waals surface area contributed by atoms with Crippen LogP contribution in [0, 0.1) is 19.8 Å². The summed E-state index contributed by atoms with van der Waals surface area (Å²) in [5.41, 5.74) is 4.60. The highest BCUT2D eigenvalue weighted by Crippen LogP contribution is 2.35. The molecular formula is C23H26N2OS. The lowest BCUT2D eigenvalue weighted by Crippen LogP contribution is -2.36. The molecule has 140 valence electrons. The first kappa shape index (κ1) is 18.2. The van der Waals surface area contributed by atoms with Gasteiger partial charge in [-0.15, -0.1) is 0 Å². The molecule has 4 heteroatoms. The second kappa shape index (κ2) is 7.81. The van der Waals surface area contributed by atoms with Crippen molar-refractivity contribution in [2.45, 2.75) is 52.5 Å². The maximum atomic E-state index is 13.4. The molecule has 0 aliphatic heterocycles. The number of nitrogens with zero attached hydrogens (tertiary/aromatic N) is 2. The average molecular weight is 379 g/mol. The van der Waals surface area contributed by atoms with Crippen LogP contribution in [0.4, 0.5) is 5.13 Å². The summed E-state index contributed by atoms with van der Waals surface area (Å²) in [5, 5.41) is 0.832. The van der Waals surface area contributed by atoms with E-state index in [9.17, 15) is 4.79 Å². The number of aromatic nitrogens is 1. The third-order valence-electron chi connectivity index (χ3n) is 5.44. The molecule has 0 saturated heterocycles. The van der Waals surface area contributed by atoms with Crippen LogP contribution in [0.25, 0.3) is 10.2 Å². The van der Waals surface area contributed by atoms with Gasteiger partial charge in [0.2, 0.25) is 5.91 Å². The van der Waals surface area contributed by atoms with Gasteiger partial charge in [0.25, 0.3) is 0 Å². The first-order chi connectivity index (χ1) is 13.1. The van der Waals surface area contributed by atoms with Gasteiger partial charge in [-0.05, 0) is 49.4 Å². The molecule has 3 aromatic rings. The molecule has 0 unspecified atom stereocenters. The highest BCUT2D eigenvalue weighted by atomic mass is 32.1. The Morgan fingerprint density at radius 1 is 1.11 bits per heavy atom. The zero-order valence-electron chi connectivity index (χ0n) is 16.1. The van der Waals surface area contributed by atoms with Crippen LogP contribution in [0.15, 0.2) is 42.5 Å². The van der Waals surface area contributed by atoms with E-state index in [1.807, 2.05) is 23.1 Å². The molecule has 0 atom stereocenters. The number of fused-ring (bicyclic) bond motifs is 1. The van der Waals surface area contributed by atoms with Crippen molar-refractivity contribution in [2.24, 2.45) is 5.92 Å². The molecule has 27 heavy (non-hydrogen) atoms. The second-order valence-electron chi connectivity index (χ2n) is 7.67. The maximum absolute atomic E-state index is 13.4. The topological polar surface area (TPSA) is 33.2 Å². The number of thiazole rings is 1. The Morgan fingerprint density at radius 3 is 2.59 bits per heavy atom. The fourth-order valence-corrected chi connectivity index (χ4v) is 5.08. The van der Waals surface area contributed by atoms with Crippen LogP contribution in [0.3, 0.4) is 0 Å². The number of hydrogen-bond acceptors (Lipinski definition) is 3. The van der Waals surface area contributed by atoms with Crippen LogP contribution in [-0.2, 0) is 11.3 Å². The molecule has 2 aromatic carbocycles. The Hall–Kier alpha value is -2.20. The van der Waals surface area contributed by atoms with Crippen molar-refractivity contribution in [1.82, 2.24) is 4.98 Å². The summed E-state index contributed by atoms with van der Waals surface area (Å²) in [4.78, 5) is 20.2. The predicted molar refractivity (Wildman–Crippen MR) is 113 cm³/mol. The van der Waals surface area contributed by atoms with Gasteiger partial charge >= 0.3 is 0 Å². The number of rotatable bonds is 4. The Labute approximate surface area is 165 Å². The van der Waals surface area contributed by atoms with Crippen molar-refractivity contribution in [3.63, 3.8) is 0 Å². The normalized spacial score (nSPS) is 15.2. The van der Waals surface area contributed by atoms with E-state index in [0.29, 0.717) is 6.54 Å². The minimum absolute atomic E-state index is 0.136. The lowest BCUT2D eigenvalue weighted by Gasteiger charge is -2.27. The Balaban J connectivity index is 1.72. The van der Waals surface area contributed by atoms with E-state index in [1.165, 1.54) is 22.2 Å². The van der Waals surface area contributed by atoms with Gasteiger partial charge in [0, 0.05) is 5.92 Å². The minimum atomic E-state index is 0.136. The molecule has 1 amide bonds. The molecule has 1 saturated carbocycles. The lowest BCUT2D eigenvalue weighted by molar-refractivity contribution is -0.123.